The molecular formula is C35H45N5O4. The monoisotopic (exact) mass is 599 g/mol. The largest absolute Gasteiger partial charge is 0.444 e. The summed E-state index contributed by atoms with van der Waals surface area (Å²) in [6.07, 6.45) is 2.71. The molecule has 0 aromatic heterocycles. The van der Waals surface area contributed by atoms with Crippen molar-refractivity contribution in [2.24, 2.45) is 0 Å². The molecular weight excluding hydrogens is 554 g/mol. The van der Waals surface area contributed by atoms with E-state index in [1.54, 1.807) is 57.2 Å². The van der Waals surface area contributed by atoms with Crippen LogP contribution in [-0.2, 0) is 24.1 Å². The van der Waals surface area contributed by atoms with E-state index in [0.29, 0.717) is 30.0 Å². The summed E-state index contributed by atoms with van der Waals surface area (Å²) >= 11 is 0. The molecule has 3 aromatic carbocycles. The summed E-state index contributed by atoms with van der Waals surface area (Å²) < 4.78 is 5.34. The van der Waals surface area contributed by atoms with E-state index in [2.05, 4.69) is 46.8 Å². The summed E-state index contributed by atoms with van der Waals surface area (Å²) in [5.74, 6) is -0.317. The maximum absolute atomic E-state index is 13.5. The lowest BCUT2D eigenvalue weighted by Crippen LogP contribution is -2.40. The van der Waals surface area contributed by atoms with Crippen LogP contribution in [0.5, 0.6) is 0 Å². The van der Waals surface area contributed by atoms with Gasteiger partial charge in [0.2, 0.25) is 0 Å². The van der Waals surface area contributed by atoms with Gasteiger partial charge < -0.3 is 25.2 Å². The molecule has 3 aromatic rings. The molecule has 0 radical (unpaired) electrons. The topological polar surface area (TPSA) is 103 Å². The maximum atomic E-state index is 13.5. The fraction of sp³-hybridized carbons (Fsp3) is 0.400. The van der Waals surface area contributed by atoms with Crippen LogP contribution in [0.2, 0.25) is 0 Å². The third-order valence-electron chi connectivity index (χ3n) is 7.62. The van der Waals surface area contributed by atoms with Crippen LogP contribution >= 0.6 is 0 Å². The SMILES string of the molecule is CCN(CC)CCN(Cc1ccc(C(=O)Nc2ccccc2NC(=O)OC(C)(C)C)cc1)C(=O)Nc1ccc2c(c1)CCC2. The molecule has 3 N–H and O–H groups in total. The van der Waals surface area contributed by atoms with Crippen LogP contribution in [-0.4, -0.2) is 59.6 Å². The lowest BCUT2D eigenvalue weighted by atomic mass is 10.1. The fourth-order valence-electron chi connectivity index (χ4n) is 5.20. The number of hydrogen-bond donors (Lipinski definition) is 3. The number of nitrogens with zero attached hydrogens (tertiary/aromatic N) is 2. The average Bonchev–Trinajstić information content (AvgIpc) is 3.45. The van der Waals surface area contributed by atoms with Crippen molar-refractivity contribution in [3.63, 3.8) is 0 Å². The van der Waals surface area contributed by atoms with E-state index in [4.69, 9.17) is 4.74 Å². The van der Waals surface area contributed by atoms with Crippen molar-refractivity contribution in [1.82, 2.24) is 9.80 Å². The van der Waals surface area contributed by atoms with Crippen molar-refractivity contribution < 1.29 is 19.1 Å². The number of ether oxygens (including phenoxy) is 1. The van der Waals surface area contributed by atoms with Gasteiger partial charge in [-0.2, -0.15) is 0 Å². The van der Waals surface area contributed by atoms with E-state index in [9.17, 15) is 14.4 Å². The molecule has 9 nitrogen and oxygen atoms in total. The minimum absolute atomic E-state index is 0.147. The van der Waals surface area contributed by atoms with Gasteiger partial charge in [0.1, 0.15) is 5.60 Å². The number of carbonyl (C=O) groups excluding carboxylic acids is 3. The van der Waals surface area contributed by atoms with Gasteiger partial charge in [-0.3, -0.25) is 10.1 Å². The van der Waals surface area contributed by atoms with Crippen LogP contribution in [0.15, 0.2) is 66.7 Å². The number of anilines is 3. The Balaban J connectivity index is 1.42. The van der Waals surface area contributed by atoms with Crippen LogP contribution in [0.1, 0.15) is 68.1 Å². The zero-order valence-electron chi connectivity index (χ0n) is 26.5. The fourth-order valence-corrected chi connectivity index (χ4v) is 5.20. The summed E-state index contributed by atoms with van der Waals surface area (Å²) in [5, 5.41) is 8.68. The highest BCUT2D eigenvalue weighted by molar-refractivity contribution is 6.06. The van der Waals surface area contributed by atoms with Gasteiger partial charge in [0, 0.05) is 30.9 Å². The lowest BCUT2D eigenvalue weighted by molar-refractivity contribution is 0.0635. The first-order valence-corrected chi connectivity index (χ1v) is 15.4. The summed E-state index contributed by atoms with van der Waals surface area (Å²) in [4.78, 5) is 43.0. The third-order valence-corrected chi connectivity index (χ3v) is 7.62. The van der Waals surface area contributed by atoms with Crippen molar-refractivity contribution in [2.45, 2.75) is 66.0 Å². The zero-order chi connectivity index (χ0) is 31.7. The molecule has 0 unspecified atom stereocenters. The van der Waals surface area contributed by atoms with Crippen molar-refractivity contribution in [1.29, 1.82) is 0 Å². The van der Waals surface area contributed by atoms with Gasteiger partial charge >= 0.3 is 12.1 Å². The quantitative estimate of drug-likeness (QED) is 0.217. The van der Waals surface area contributed by atoms with Crippen molar-refractivity contribution in [2.75, 3.05) is 42.1 Å². The minimum Gasteiger partial charge on any atom is -0.444 e. The third kappa shape index (κ3) is 9.31. The van der Waals surface area contributed by atoms with Gasteiger partial charge in [-0.25, -0.2) is 9.59 Å². The Morgan fingerprint density at radius 3 is 2.11 bits per heavy atom. The number of amides is 4. The Bertz CT molecular complexity index is 1440. The minimum atomic E-state index is -0.646. The average molecular weight is 600 g/mol. The second-order valence-electron chi connectivity index (χ2n) is 12.0. The molecule has 9 heteroatoms. The number of aryl methyl sites for hydroxylation is 2. The lowest BCUT2D eigenvalue weighted by Gasteiger charge is -2.27. The van der Waals surface area contributed by atoms with Gasteiger partial charge in [0.25, 0.3) is 5.91 Å². The second-order valence-corrected chi connectivity index (χ2v) is 12.0. The van der Waals surface area contributed by atoms with Crippen LogP contribution in [0.25, 0.3) is 0 Å². The van der Waals surface area contributed by atoms with Crippen LogP contribution in [0, 0.1) is 0 Å². The van der Waals surface area contributed by atoms with Crippen molar-refractivity contribution >= 4 is 35.1 Å². The molecule has 0 fully saturated rings. The maximum Gasteiger partial charge on any atom is 0.412 e. The molecule has 0 heterocycles. The Morgan fingerprint density at radius 1 is 0.795 bits per heavy atom. The number of fused-ring (bicyclic) bond motifs is 1. The summed E-state index contributed by atoms with van der Waals surface area (Å²) in [6, 6.07) is 20.2. The first-order chi connectivity index (χ1) is 21.0. The smallest absolute Gasteiger partial charge is 0.412 e. The predicted octanol–water partition coefficient (Wildman–Crippen LogP) is 7.15. The Hall–Kier alpha value is -4.37. The number of carbonyl (C=O) groups is 3. The zero-order valence-corrected chi connectivity index (χ0v) is 26.5. The molecule has 0 saturated heterocycles. The molecule has 234 valence electrons. The standard InChI is InChI=1S/C35H45N5O4/c1-6-39(7-2)21-22-40(33(42)36-29-20-19-26-11-10-12-28(26)23-29)24-25-15-17-27(18-16-25)32(41)37-30-13-8-9-14-31(30)38-34(43)44-35(3,4)5/h8-9,13-20,23H,6-7,10-12,21-22,24H2,1-5H3,(H,36,42)(H,37,41)(H,38,43). The predicted molar refractivity (Wildman–Crippen MR) is 176 cm³/mol. The van der Waals surface area contributed by atoms with Crippen LogP contribution in [0.4, 0.5) is 26.7 Å². The second kappa shape index (κ2) is 14.9. The molecule has 0 aliphatic heterocycles. The highest BCUT2D eigenvalue weighted by Crippen LogP contribution is 2.26. The Kier molecular flexibility index (Phi) is 11.0. The number of para-hydroxylation sites is 2. The summed E-state index contributed by atoms with van der Waals surface area (Å²) in [6.45, 7) is 13.2. The number of rotatable bonds is 11. The van der Waals surface area contributed by atoms with Crippen LogP contribution in [0.3, 0.4) is 0 Å². The van der Waals surface area contributed by atoms with Gasteiger partial charge in [-0.1, -0.05) is 44.2 Å². The highest BCUT2D eigenvalue weighted by Gasteiger charge is 2.19. The van der Waals surface area contributed by atoms with E-state index in [1.807, 2.05) is 23.1 Å². The molecule has 1 aliphatic carbocycles. The molecule has 0 bridgehead atoms. The van der Waals surface area contributed by atoms with E-state index in [-0.39, 0.29) is 11.9 Å². The first kappa shape index (κ1) is 32.5. The molecule has 44 heavy (non-hydrogen) atoms. The summed E-state index contributed by atoms with van der Waals surface area (Å²) in [7, 11) is 0. The number of benzene rings is 3. The van der Waals surface area contributed by atoms with Crippen LogP contribution < -0.4 is 16.0 Å². The van der Waals surface area contributed by atoms with Gasteiger partial charge in [-0.15, -0.1) is 0 Å². The molecule has 4 rings (SSSR count). The number of likely N-dealkylation sites (N-methyl/N-ethyl adjacent to an activating group) is 1. The highest BCUT2D eigenvalue weighted by atomic mass is 16.6. The van der Waals surface area contributed by atoms with Crippen molar-refractivity contribution in [3.8, 4) is 0 Å². The number of hydrogen-bond acceptors (Lipinski definition) is 5. The normalized spacial score (nSPS) is 12.4. The van der Waals surface area contributed by atoms with Gasteiger partial charge in [0.15, 0.2) is 0 Å². The first-order valence-electron chi connectivity index (χ1n) is 15.4. The Morgan fingerprint density at radius 2 is 1.45 bits per heavy atom. The van der Waals surface area contributed by atoms with E-state index < -0.39 is 11.7 Å². The van der Waals surface area contributed by atoms with Gasteiger partial charge in [-0.05, 0) is 106 Å². The molecule has 1 aliphatic rings. The van der Waals surface area contributed by atoms with E-state index in [1.165, 1.54) is 11.1 Å². The molecule has 0 spiro atoms. The summed E-state index contributed by atoms with van der Waals surface area (Å²) in [5.41, 5.74) is 5.12. The van der Waals surface area contributed by atoms with E-state index in [0.717, 1.165) is 50.1 Å². The molecule has 0 atom stereocenters. The van der Waals surface area contributed by atoms with Gasteiger partial charge in [0.05, 0.1) is 11.4 Å². The molecule has 0 saturated carbocycles. The Labute approximate surface area is 261 Å². The number of nitrogens with one attached hydrogen (secondary N) is 3. The number of urea groups is 1. The van der Waals surface area contributed by atoms with Crippen molar-refractivity contribution in [3.05, 3.63) is 89.0 Å². The molecule has 4 amide bonds. The van der Waals surface area contributed by atoms with E-state index >= 15 is 0 Å².